The molecule has 1 fully saturated rings. The van der Waals surface area contributed by atoms with E-state index in [4.69, 9.17) is 30.6 Å². The van der Waals surface area contributed by atoms with Crippen LogP contribution in [0.15, 0.2) is 45.9 Å². The van der Waals surface area contributed by atoms with Gasteiger partial charge in [0.1, 0.15) is 11.4 Å². The number of fused-ring (bicyclic) bond motifs is 1. The molecule has 1 aromatic heterocycles. The molecule has 2 aromatic carbocycles. The van der Waals surface area contributed by atoms with Crippen LogP contribution in [-0.4, -0.2) is 40.1 Å². The Bertz CT molecular complexity index is 1340. The average molecular weight is 522 g/mol. The molecule has 0 bridgehead atoms. The third kappa shape index (κ3) is 6.21. The lowest BCUT2D eigenvalue weighted by molar-refractivity contribution is -0.154. The normalized spacial score (nSPS) is 17.2. The van der Waals surface area contributed by atoms with Gasteiger partial charge < -0.3 is 14.0 Å². The first-order chi connectivity index (χ1) is 17.7. The first-order valence-electron chi connectivity index (χ1n) is 12.8. The molecule has 1 atom stereocenters. The molecule has 2 heterocycles. The van der Waals surface area contributed by atoms with Crippen molar-refractivity contribution >= 4 is 23.3 Å². The van der Waals surface area contributed by atoms with Crippen LogP contribution in [0.5, 0.6) is 5.75 Å². The van der Waals surface area contributed by atoms with Crippen molar-refractivity contribution in [2.45, 2.75) is 71.4 Å². The highest BCUT2D eigenvalue weighted by Gasteiger charge is 2.26. The van der Waals surface area contributed by atoms with Crippen molar-refractivity contribution in [3.63, 3.8) is 0 Å². The average Bonchev–Trinajstić information content (AvgIpc) is 3.54. The van der Waals surface area contributed by atoms with Crippen molar-refractivity contribution in [1.29, 1.82) is 0 Å². The molecule has 7 nitrogen and oxygen atoms in total. The number of carbonyl (C=O) groups is 1. The van der Waals surface area contributed by atoms with Crippen molar-refractivity contribution in [2.75, 3.05) is 6.61 Å². The Hall–Kier alpha value is -3.19. The number of nitrogens with zero attached hydrogens (tertiary/aromatic N) is 3. The van der Waals surface area contributed by atoms with Gasteiger partial charge in [0.25, 0.3) is 5.89 Å². The molecule has 1 saturated carbocycles. The van der Waals surface area contributed by atoms with Gasteiger partial charge in [-0.15, -0.1) is 0 Å². The minimum absolute atomic E-state index is 0.0793. The van der Waals surface area contributed by atoms with Gasteiger partial charge in [-0.05, 0) is 82.2 Å². The summed E-state index contributed by atoms with van der Waals surface area (Å²) in [5.41, 5.74) is 4.16. The largest absolute Gasteiger partial charge is 0.492 e. The van der Waals surface area contributed by atoms with Gasteiger partial charge in [-0.25, -0.2) is 0 Å². The summed E-state index contributed by atoms with van der Waals surface area (Å²) in [5.74, 6) is 2.00. The molecule has 1 aliphatic carbocycles. The van der Waals surface area contributed by atoms with E-state index in [1.807, 2.05) is 51.1 Å². The second kappa shape index (κ2) is 10.3. The van der Waals surface area contributed by atoms with E-state index in [0.29, 0.717) is 41.4 Å². The number of ether oxygens (including phenoxy) is 2. The fourth-order valence-corrected chi connectivity index (χ4v) is 4.70. The first-order valence-corrected chi connectivity index (χ1v) is 13.2. The summed E-state index contributed by atoms with van der Waals surface area (Å²) in [6.45, 7) is 8.39. The van der Waals surface area contributed by atoms with Crippen LogP contribution >= 0.6 is 11.6 Å². The van der Waals surface area contributed by atoms with Crippen molar-refractivity contribution in [1.82, 2.24) is 10.1 Å². The molecule has 3 aromatic rings. The van der Waals surface area contributed by atoms with Crippen LogP contribution in [0.1, 0.15) is 64.5 Å². The number of benzene rings is 2. The van der Waals surface area contributed by atoms with Crippen molar-refractivity contribution in [3.05, 3.63) is 52.5 Å². The van der Waals surface area contributed by atoms with Crippen LogP contribution < -0.4 is 4.74 Å². The van der Waals surface area contributed by atoms with Gasteiger partial charge in [0.05, 0.1) is 24.1 Å². The van der Waals surface area contributed by atoms with Gasteiger partial charge in [-0.3, -0.25) is 9.79 Å². The number of rotatable bonds is 8. The predicted octanol–water partition coefficient (Wildman–Crippen LogP) is 6.70. The van der Waals surface area contributed by atoms with E-state index in [1.54, 1.807) is 6.07 Å². The number of hydrogen-bond donors (Lipinski definition) is 0. The minimum atomic E-state index is -0.506. The summed E-state index contributed by atoms with van der Waals surface area (Å²) >= 11 is 6.46. The predicted molar refractivity (Wildman–Crippen MR) is 143 cm³/mol. The highest BCUT2D eigenvalue weighted by atomic mass is 35.5. The molecular formula is C29H32ClN3O4. The zero-order valence-corrected chi connectivity index (χ0v) is 22.5. The van der Waals surface area contributed by atoms with E-state index >= 15 is 0 Å². The standard InChI is InChI=1S/C29H32ClN3O4/c1-17-14-22-20(24(31-17)11-13-26(34)36-29(2,3)4)6-5-7-21(22)27-32-28(37-33-27)19-10-12-25(23(30)15-19)35-16-18-8-9-18/h5-7,10,12,15,17-18H,8-9,11,13-14,16H2,1-4H3. The Morgan fingerprint density at radius 2 is 1.95 bits per heavy atom. The highest BCUT2D eigenvalue weighted by molar-refractivity contribution is 6.32. The molecule has 2 aliphatic rings. The van der Waals surface area contributed by atoms with Gasteiger partial charge in [0.15, 0.2) is 0 Å². The zero-order chi connectivity index (χ0) is 26.2. The van der Waals surface area contributed by atoms with Crippen LogP contribution in [0.2, 0.25) is 5.02 Å². The van der Waals surface area contributed by atoms with Crippen LogP contribution in [0.25, 0.3) is 22.8 Å². The fourth-order valence-electron chi connectivity index (χ4n) is 4.47. The molecule has 37 heavy (non-hydrogen) atoms. The number of aliphatic imine (C=N–C) groups is 1. The monoisotopic (exact) mass is 521 g/mol. The number of halogens is 1. The maximum absolute atomic E-state index is 12.3. The van der Waals surface area contributed by atoms with E-state index in [9.17, 15) is 4.79 Å². The SMILES string of the molecule is CC1Cc2c(cccc2-c2noc(-c3ccc(OCC4CC4)c(Cl)c3)n2)C(CCC(=O)OC(C)(C)C)=N1. The summed E-state index contributed by atoms with van der Waals surface area (Å²) in [6.07, 6.45) is 3.99. The fraction of sp³-hybridized carbons (Fsp3) is 0.448. The molecule has 0 N–H and O–H groups in total. The smallest absolute Gasteiger partial charge is 0.306 e. The van der Waals surface area contributed by atoms with Gasteiger partial charge in [0, 0.05) is 23.3 Å². The van der Waals surface area contributed by atoms with Crippen molar-refractivity contribution in [3.8, 4) is 28.6 Å². The summed E-state index contributed by atoms with van der Waals surface area (Å²) in [7, 11) is 0. The molecule has 5 rings (SSSR count). The zero-order valence-electron chi connectivity index (χ0n) is 21.7. The molecule has 0 amide bonds. The van der Waals surface area contributed by atoms with Crippen LogP contribution in [0.3, 0.4) is 0 Å². The van der Waals surface area contributed by atoms with E-state index in [-0.39, 0.29) is 18.4 Å². The number of hydrogen-bond acceptors (Lipinski definition) is 7. The first kappa shape index (κ1) is 25.5. The molecule has 1 unspecified atom stereocenters. The Morgan fingerprint density at radius 3 is 2.68 bits per heavy atom. The summed E-state index contributed by atoms with van der Waals surface area (Å²) in [5, 5.41) is 4.80. The van der Waals surface area contributed by atoms with Gasteiger partial charge >= 0.3 is 5.97 Å². The van der Waals surface area contributed by atoms with Crippen LogP contribution in [0.4, 0.5) is 0 Å². The Balaban J connectivity index is 1.35. The maximum Gasteiger partial charge on any atom is 0.306 e. The summed E-state index contributed by atoms with van der Waals surface area (Å²) in [4.78, 5) is 21.8. The van der Waals surface area contributed by atoms with E-state index in [1.165, 1.54) is 12.8 Å². The topological polar surface area (TPSA) is 86.8 Å². The summed E-state index contributed by atoms with van der Waals surface area (Å²) < 4.78 is 16.9. The van der Waals surface area contributed by atoms with Crippen LogP contribution in [-0.2, 0) is 16.0 Å². The lowest BCUT2D eigenvalue weighted by Gasteiger charge is -2.24. The summed E-state index contributed by atoms with van der Waals surface area (Å²) in [6, 6.07) is 11.6. The molecule has 0 saturated heterocycles. The molecular weight excluding hydrogens is 490 g/mol. The maximum atomic E-state index is 12.3. The second-order valence-corrected chi connectivity index (χ2v) is 11.3. The Kier molecular flexibility index (Phi) is 7.08. The van der Waals surface area contributed by atoms with Crippen LogP contribution in [0, 0.1) is 5.92 Å². The molecule has 0 spiro atoms. The quantitative estimate of drug-likeness (QED) is 0.306. The van der Waals surface area contributed by atoms with Gasteiger partial charge in [-0.1, -0.05) is 35.0 Å². The van der Waals surface area contributed by atoms with Gasteiger partial charge in [0.2, 0.25) is 5.82 Å². The molecule has 1 aliphatic heterocycles. The van der Waals surface area contributed by atoms with E-state index in [0.717, 1.165) is 34.4 Å². The third-order valence-electron chi connectivity index (χ3n) is 6.37. The second-order valence-electron chi connectivity index (χ2n) is 10.9. The lowest BCUT2D eigenvalue weighted by atomic mass is 9.88. The Labute approximate surface area is 222 Å². The van der Waals surface area contributed by atoms with Gasteiger partial charge in [-0.2, -0.15) is 4.98 Å². The van der Waals surface area contributed by atoms with E-state index in [2.05, 4.69) is 17.1 Å². The lowest BCUT2D eigenvalue weighted by Crippen LogP contribution is -2.25. The number of esters is 1. The van der Waals surface area contributed by atoms with Crippen molar-refractivity contribution in [2.24, 2.45) is 10.9 Å². The molecule has 0 radical (unpaired) electrons. The minimum Gasteiger partial charge on any atom is -0.492 e. The molecule has 194 valence electrons. The molecule has 8 heteroatoms. The van der Waals surface area contributed by atoms with E-state index < -0.39 is 5.60 Å². The number of aromatic nitrogens is 2. The number of carbonyl (C=O) groups excluding carboxylic acids is 1. The third-order valence-corrected chi connectivity index (χ3v) is 6.66. The Morgan fingerprint density at radius 1 is 1.16 bits per heavy atom. The van der Waals surface area contributed by atoms with Crippen molar-refractivity contribution < 1.29 is 18.8 Å². The highest BCUT2D eigenvalue weighted by Crippen LogP contribution is 2.35.